The molecule has 1 nitrogen and oxygen atoms in total. The summed E-state index contributed by atoms with van der Waals surface area (Å²) in [6, 6.07) is 8.76. The molecule has 1 N–H and O–H groups in total. The molecular weight excluding hydrogens is 291 g/mol. The lowest BCUT2D eigenvalue weighted by molar-refractivity contribution is -0.297. The molecule has 1 atom stereocenters. The second-order valence-electron chi connectivity index (χ2n) is 5.34. The third-order valence-corrected chi connectivity index (χ3v) is 3.40. The summed E-state index contributed by atoms with van der Waals surface area (Å²) in [4.78, 5) is 0. The minimum atomic E-state index is -5.64. The van der Waals surface area contributed by atoms with Crippen LogP contribution in [0.2, 0.25) is 0 Å². The zero-order valence-corrected chi connectivity index (χ0v) is 11.8. The van der Waals surface area contributed by atoms with Crippen molar-refractivity contribution >= 4 is 0 Å². The molecule has 1 unspecified atom stereocenters. The molecule has 120 valence electrons. The van der Waals surface area contributed by atoms with E-state index < -0.39 is 24.1 Å². The molecule has 21 heavy (non-hydrogen) atoms. The van der Waals surface area contributed by atoms with Crippen LogP contribution in [0.1, 0.15) is 38.2 Å². The van der Waals surface area contributed by atoms with Gasteiger partial charge in [-0.1, -0.05) is 43.7 Å². The first-order valence-electron chi connectivity index (χ1n) is 6.80. The van der Waals surface area contributed by atoms with E-state index in [1.807, 2.05) is 0 Å². The van der Waals surface area contributed by atoms with Crippen molar-refractivity contribution in [3.63, 3.8) is 0 Å². The Kier molecular flexibility index (Phi) is 5.73. The Bertz CT molecular complexity index is 429. The third-order valence-electron chi connectivity index (χ3n) is 3.40. The van der Waals surface area contributed by atoms with E-state index in [0.29, 0.717) is 6.42 Å². The lowest BCUT2D eigenvalue weighted by Gasteiger charge is -2.32. The fourth-order valence-electron chi connectivity index (χ4n) is 2.30. The van der Waals surface area contributed by atoms with E-state index in [1.165, 1.54) is 0 Å². The van der Waals surface area contributed by atoms with Gasteiger partial charge in [0.1, 0.15) is 0 Å². The van der Waals surface area contributed by atoms with E-state index in [4.69, 9.17) is 0 Å². The molecular formula is C15H19F5O. The van der Waals surface area contributed by atoms with Crippen LogP contribution < -0.4 is 0 Å². The average Bonchev–Trinajstić information content (AvgIpc) is 2.36. The number of alkyl halides is 5. The molecule has 0 amide bonds. The predicted molar refractivity (Wildman–Crippen MR) is 70.2 cm³/mol. The molecule has 0 saturated carbocycles. The van der Waals surface area contributed by atoms with Crippen LogP contribution in [0.25, 0.3) is 0 Å². The van der Waals surface area contributed by atoms with E-state index in [1.54, 1.807) is 37.3 Å². The van der Waals surface area contributed by atoms with Crippen molar-refractivity contribution in [2.24, 2.45) is 0 Å². The molecule has 0 aliphatic rings. The summed E-state index contributed by atoms with van der Waals surface area (Å²) in [5, 5.41) is 10.2. The fourth-order valence-corrected chi connectivity index (χ4v) is 2.30. The molecule has 1 aromatic rings. The summed E-state index contributed by atoms with van der Waals surface area (Å²) in [7, 11) is 0. The van der Waals surface area contributed by atoms with Gasteiger partial charge in [0.15, 0.2) is 0 Å². The average molecular weight is 310 g/mol. The molecule has 0 aliphatic carbocycles. The van der Waals surface area contributed by atoms with Crippen LogP contribution >= 0.6 is 0 Å². The number of aliphatic hydroxyl groups is 1. The van der Waals surface area contributed by atoms with Crippen molar-refractivity contribution in [2.45, 2.75) is 56.7 Å². The van der Waals surface area contributed by atoms with Crippen molar-refractivity contribution in [3.8, 4) is 0 Å². The van der Waals surface area contributed by atoms with Gasteiger partial charge in [0.2, 0.25) is 0 Å². The standard InChI is InChI=1S/C15H19F5O/c1-2-9-13(21,11-14(16,17)15(18,19)20)10-8-12-6-4-3-5-7-12/h3-7,21H,2,8-11H2,1H3. The maximum Gasteiger partial charge on any atom is 0.453 e. The normalized spacial score (nSPS) is 15.8. The Morgan fingerprint density at radius 3 is 2.00 bits per heavy atom. The van der Waals surface area contributed by atoms with Crippen molar-refractivity contribution in [1.29, 1.82) is 0 Å². The highest BCUT2D eigenvalue weighted by atomic mass is 19.4. The van der Waals surface area contributed by atoms with Gasteiger partial charge in [0.25, 0.3) is 0 Å². The van der Waals surface area contributed by atoms with E-state index in [2.05, 4.69) is 0 Å². The Balaban J connectivity index is 2.78. The predicted octanol–water partition coefficient (Wildman–Crippen LogP) is 4.74. The first-order valence-corrected chi connectivity index (χ1v) is 6.80. The van der Waals surface area contributed by atoms with Gasteiger partial charge in [-0.15, -0.1) is 0 Å². The van der Waals surface area contributed by atoms with E-state index in [-0.39, 0.29) is 19.3 Å². The first kappa shape index (κ1) is 17.9. The summed E-state index contributed by atoms with van der Waals surface area (Å²) < 4.78 is 63.3. The Morgan fingerprint density at radius 1 is 0.952 bits per heavy atom. The summed E-state index contributed by atoms with van der Waals surface area (Å²) in [6.45, 7) is 1.64. The molecule has 1 aromatic carbocycles. The maximum absolute atomic E-state index is 13.2. The molecule has 0 fully saturated rings. The minimum absolute atomic E-state index is 0.0918. The lowest BCUT2D eigenvalue weighted by Crippen LogP contribution is -2.45. The smallest absolute Gasteiger partial charge is 0.390 e. The fraction of sp³-hybridized carbons (Fsp3) is 0.600. The third kappa shape index (κ3) is 5.26. The lowest BCUT2D eigenvalue weighted by atomic mass is 9.85. The summed E-state index contributed by atoms with van der Waals surface area (Å²) in [5.41, 5.74) is -1.23. The van der Waals surface area contributed by atoms with Crippen molar-refractivity contribution in [2.75, 3.05) is 0 Å². The van der Waals surface area contributed by atoms with Gasteiger partial charge in [0, 0.05) is 6.42 Å². The number of hydrogen-bond donors (Lipinski definition) is 1. The Hall–Kier alpha value is -1.17. The number of aryl methyl sites for hydroxylation is 1. The number of halogens is 5. The monoisotopic (exact) mass is 310 g/mol. The van der Waals surface area contributed by atoms with Crippen molar-refractivity contribution in [3.05, 3.63) is 35.9 Å². The number of benzene rings is 1. The van der Waals surface area contributed by atoms with E-state index >= 15 is 0 Å². The molecule has 0 spiro atoms. The highest BCUT2D eigenvalue weighted by molar-refractivity contribution is 5.15. The van der Waals surface area contributed by atoms with Gasteiger partial charge in [-0.3, -0.25) is 0 Å². The molecule has 0 saturated heterocycles. The van der Waals surface area contributed by atoms with Gasteiger partial charge in [-0.25, -0.2) is 0 Å². The van der Waals surface area contributed by atoms with E-state index in [9.17, 15) is 27.1 Å². The highest BCUT2D eigenvalue weighted by Gasteiger charge is 2.60. The topological polar surface area (TPSA) is 20.2 Å². The molecule has 0 aromatic heterocycles. The van der Waals surface area contributed by atoms with Gasteiger partial charge in [-0.2, -0.15) is 22.0 Å². The Labute approximate surface area is 120 Å². The summed E-state index contributed by atoms with van der Waals surface area (Å²) in [6.07, 6.45) is -6.86. The van der Waals surface area contributed by atoms with Crippen LogP contribution in [0.4, 0.5) is 22.0 Å². The number of hydrogen-bond acceptors (Lipinski definition) is 1. The molecule has 6 heteroatoms. The van der Waals surface area contributed by atoms with Crippen LogP contribution in [0.15, 0.2) is 30.3 Å². The zero-order chi connectivity index (χ0) is 16.1. The van der Waals surface area contributed by atoms with Crippen LogP contribution in [0.3, 0.4) is 0 Å². The van der Waals surface area contributed by atoms with Crippen LogP contribution in [0, 0.1) is 0 Å². The zero-order valence-electron chi connectivity index (χ0n) is 11.8. The SMILES string of the molecule is CCCC(O)(CCc1ccccc1)CC(F)(F)C(F)(F)F. The quantitative estimate of drug-likeness (QED) is 0.721. The molecule has 0 heterocycles. The van der Waals surface area contributed by atoms with Crippen LogP contribution in [0.5, 0.6) is 0 Å². The van der Waals surface area contributed by atoms with Gasteiger partial charge < -0.3 is 5.11 Å². The molecule has 0 aliphatic heterocycles. The van der Waals surface area contributed by atoms with Gasteiger partial charge >= 0.3 is 12.1 Å². The molecule has 0 bridgehead atoms. The summed E-state index contributed by atoms with van der Waals surface area (Å²) in [5.74, 6) is -4.88. The maximum atomic E-state index is 13.2. The minimum Gasteiger partial charge on any atom is -0.390 e. The molecule has 1 rings (SSSR count). The van der Waals surface area contributed by atoms with Gasteiger partial charge in [-0.05, 0) is 24.8 Å². The van der Waals surface area contributed by atoms with Gasteiger partial charge in [0.05, 0.1) is 5.60 Å². The number of rotatable bonds is 7. The van der Waals surface area contributed by atoms with Crippen LogP contribution in [-0.4, -0.2) is 22.8 Å². The Morgan fingerprint density at radius 2 is 1.52 bits per heavy atom. The van der Waals surface area contributed by atoms with Crippen molar-refractivity contribution in [1.82, 2.24) is 0 Å². The van der Waals surface area contributed by atoms with Crippen molar-refractivity contribution < 1.29 is 27.1 Å². The molecule has 0 radical (unpaired) electrons. The first-order chi connectivity index (χ1) is 9.60. The van der Waals surface area contributed by atoms with E-state index in [0.717, 1.165) is 5.56 Å². The largest absolute Gasteiger partial charge is 0.453 e. The van der Waals surface area contributed by atoms with Crippen LogP contribution in [-0.2, 0) is 6.42 Å². The second-order valence-corrected chi connectivity index (χ2v) is 5.34. The second kappa shape index (κ2) is 6.73. The summed E-state index contributed by atoms with van der Waals surface area (Å²) >= 11 is 0. The highest BCUT2D eigenvalue weighted by Crippen LogP contribution is 2.43.